The highest BCUT2D eigenvalue weighted by molar-refractivity contribution is 7.99. The predicted molar refractivity (Wildman–Crippen MR) is 93.7 cm³/mol. The molecular weight excluding hydrogens is 332 g/mol. The maximum atomic E-state index is 5.65. The first-order valence-corrected chi connectivity index (χ1v) is 9.11. The molecule has 0 aliphatic carbocycles. The average Bonchev–Trinajstić information content (AvgIpc) is 2.57. The molecule has 0 amide bonds. The minimum atomic E-state index is 0.581. The average molecular weight is 352 g/mol. The van der Waals surface area contributed by atoms with E-state index in [1.807, 2.05) is 24.3 Å². The monoisotopic (exact) mass is 352 g/mol. The Kier molecular flexibility index (Phi) is 6.41. The van der Waals surface area contributed by atoms with Gasteiger partial charge in [-0.25, -0.2) is 4.98 Å². The van der Waals surface area contributed by atoms with Gasteiger partial charge in [0, 0.05) is 12.3 Å². The molecule has 0 N–H and O–H groups in total. The van der Waals surface area contributed by atoms with Gasteiger partial charge in [0.15, 0.2) is 0 Å². The third kappa shape index (κ3) is 4.51. The van der Waals surface area contributed by atoms with Crippen molar-refractivity contribution in [2.75, 3.05) is 45.4 Å². The molecule has 7 heteroatoms. The number of hydrogen-bond acceptors (Lipinski definition) is 6. The second kappa shape index (κ2) is 8.75. The van der Waals surface area contributed by atoms with Gasteiger partial charge in [-0.1, -0.05) is 24.4 Å². The lowest BCUT2D eigenvalue weighted by molar-refractivity contribution is 0.0161. The number of hydrogen-bond donors (Lipinski definition) is 0. The summed E-state index contributed by atoms with van der Waals surface area (Å²) in [5.41, 5.74) is 2.00. The molecule has 5 nitrogen and oxygen atoms in total. The smallest absolute Gasteiger partial charge is 0.139 e. The molecule has 1 aromatic carbocycles. The van der Waals surface area contributed by atoms with E-state index in [9.17, 15) is 0 Å². The lowest BCUT2D eigenvalue weighted by atomic mass is 10.3. The van der Waals surface area contributed by atoms with Crippen molar-refractivity contribution < 1.29 is 14.2 Å². The Labute approximate surface area is 144 Å². The van der Waals surface area contributed by atoms with Gasteiger partial charge in [-0.2, -0.15) is 0 Å². The number of ether oxygens (including phenoxy) is 3. The van der Waals surface area contributed by atoms with Crippen LogP contribution in [0, 0.1) is 4.64 Å². The van der Waals surface area contributed by atoms with Gasteiger partial charge in [0.1, 0.15) is 9.67 Å². The second-order valence-electron chi connectivity index (χ2n) is 5.05. The van der Waals surface area contributed by atoms with Crippen LogP contribution in [0.25, 0.3) is 11.0 Å². The summed E-state index contributed by atoms with van der Waals surface area (Å²) in [6.07, 6.45) is 0. The number of para-hydroxylation sites is 2. The highest BCUT2D eigenvalue weighted by Gasteiger charge is 2.09. The molecule has 0 unspecified atom stereocenters. The maximum absolute atomic E-state index is 5.65. The summed E-state index contributed by atoms with van der Waals surface area (Å²) in [5.74, 6) is 0.825. The molecule has 124 valence electrons. The maximum Gasteiger partial charge on any atom is 0.139 e. The first kappa shape index (κ1) is 16.9. The van der Waals surface area contributed by atoms with E-state index < -0.39 is 0 Å². The number of thioether (sulfide) groups is 1. The van der Waals surface area contributed by atoms with E-state index >= 15 is 0 Å². The summed E-state index contributed by atoms with van der Waals surface area (Å²) in [6, 6.07) is 8.07. The minimum absolute atomic E-state index is 0.581. The van der Waals surface area contributed by atoms with Crippen molar-refractivity contribution in [2.45, 2.75) is 11.6 Å². The molecule has 0 fully saturated rings. The molecule has 3 rings (SSSR count). The lowest BCUT2D eigenvalue weighted by Crippen LogP contribution is -2.13. The van der Waals surface area contributed by atoms with Crippen molar-refractivity contribution in [3.63, 3.8) is 0 Å². The molecule has 1 aromatic heterocycles. The molecule has 0 radical (unpaired) electrons. The molecule has 2 heterocycles. The standard InChI is InChI=1S/C16H20N2O3S2/c22-16-15-17-13-3-1-2-4-14(13)18(16)5-6-19-7-8-20-9-10-21-11-12-23-15/h1-4H,5-12H2. The molecule has 0 saturated heterocycles. The molecular formula is C16H20N2O3S2. The van der Waals surface area contributed by atoms with Gasteiger partial charge in [0.05, 0.1) is 50.7 Å². The molecule has 1 aliphatic rings. The van der Waals surface area contributed by atoms with Crippen LogP contribution in [-0.2, 0) is 20.8 Å². The van der Waals surface area contributed by atoms with Crippen molar-refractivity contribution >= 4 is 35.0 Å². The number of aromatic nitrogens is 2. The zero-order chi connectivity index (χ0) is 15.9. The van der Waals surface area contributed by atoms with Crippen molar-refractivity contribution in [1.29, 1.82) is 0 Å². The molecule has 0 spiro atoms. The van der Waals surface area contributed by atoms with Crippen LogP contribution in [0.15, 0.2) is 29.3 Å². The SMILES string of the molecule is S=c1c2nc3ccccc3n1CCOCCOCCOCCS2. The summed E-state index contributed by atoms with van der Waals surface area (Å²) in [7, 11) is 0. The zero-order valence-electron chi connectivity index (χ0n) is 12.9. The van der Waals surface area contributed by atoms with Crippen molar-refractivity contribution in [3.8, 4) is 0 Å². The van der Waals surface area contributed by atoms with Gasteiger partial charge in [0.25, 0.3) is 0 Å². The topological polar surface area (TPSA) is 45.5 Å². The minimum Gasteiger partial charge on any atom is -0.378 e. The highest BCUT2D eigenvalue weighted by Crippen LogP contribution is 2.22. The van der Waals surface area contributed by atoms with Gasteiger partial charge in [-0.05, 0) is 12.1 Å². The van der Waals surface area contributed by atoms with Crippen LogP contribution >= 0.6 is 24.0 Å². The summed E-state index contributed by atoms with van der Waals surface area (Å²) >= 11 is 7.29. The third-order valence-corrected chi connectivity index (χ3v) is 4.96. The Hall–Kier alpha value is -0.990. The molecule has 2 bridgehead atoms. The molecule has 2 aromatic rings. The van der Waals surface area contributed by atoms with E-state index in [4.69, 9.17) is 31.4 Å². The second-order valence-corrected chi connectivity index (χ2v) is 6.52. The van der Waals surface area contributed by atoms with E-state index in [0.717, 1.165) is 26.5 Å². The van der Waals surface area contributed by atoms with E-state index in [2.05, 4.69) is 4.57 Å². The Morgan fingerprint density at radius 3 is 2.48 bits per heavy atom. The number of rotatable bonds is 0. The van der Waals surface area contributed by atoms with Gasteiger partial charge in [0.2, 0.25) is 0 Å². The summed E-state index contributed by atoms with van der Waals surface area (Å²) in [4.78, 5) is 4.71. The van der Waals surface area contributed by atoms with E-state index in [1.165, 1.54) is 0 Å². The summed E-state index contributed by atoms with van der Waals surface area (Å²) < 4.78 is 19.5. The van der Waals surface area contributed by atoms with Crippen molar-refractivity contribution in [2.24, 2.45) is 0 Å². The van der Waals surface area contributed by atoms with Gasteiger partial charge in [-0.15, -0.1) is 11.8 Å². The Morgan fingerprint density at radius 1 is 0.957 bits per heavy atom. The fourth-order valence-electron chi connectivity index (χ4n) is 2.38. The summed E-state index contributed by atoms with van der Waals surface area (Å²) in [6.45, 7) is 4.35. The zero-order valence-corrected chi connectivity index (χ0v) is 14.5. The van der Waals surface area contributed by atoms with Gasteiger partial charge >= 0.3 is 0 Å². The van der Waals surface area contributed by atoms with Gasteiger partial charge in [-0.3, -0.25) is 0 Å². The Bertz CT molecular complexity index is 705. The third-order valence-electron chi connectivity index (χ3n) is 3.49. The lowest BCUT2D eigenvalue weighted by Gasteiger charge is -2.14. The van der Waals surface area contributed by atoms with Gasteiger partial charge < -0.3 is 18.8 Å². The Morgan fingerprint density at radius 2 is 1.65 bits per heavy atom. The number of nitrogens with zero attached hydrogens (tertiary/aromatic N) is 2. The van der Waals surface area contributed by atoms with Crippen LogP contribution < -0.4 is 0 Å². The number of benzene rings is 1. The predicted octanol–water partition coefficient (Wildman–Crippen LogP) is 2.92. The van der Waals surface area contributed by atoms with Crippen LogP contribution in [0.2, 0.25) is 0 Å². The molecule has 23 heavy (non-hydrogen) atoms. The first-order valence-electron chi connectivity index (χ1n) is 7.72. The molecule has 0 saturated carbocycles. The normalized spacial score (nSPS) is 18.3. The largest absolute Gasteiger partial charge is 0.378 e. The fraction of sp³-hybridized carbons (Fsp3) is 0.500. The fourth-order valence-corrected chi connectivity index (χ4v) is 3.58. The quantitative estimate of drug-likeness (QED) is 0.680. The van der Waals surface area contributed by atoms with E-state index in [-0.39, 0.29) is 0 Å². The first-order chi connectivity index (χ1) is 11.4. The molecule has 1 aliphatic heterocycles. The van der Waals surface area contributed by atoms with Crippen LogP contribution in [0.5, 0.6) is 0 Å². The molecule has 0 atom stereocenters. The van der Waals surface area contributed by atoms with E-state index in [0.29, 0.717) is 46.2 Å². The van der Waals surface area contributed by atoms with Crippen LogP contribution in [0.4, 0.5) is 0 Å². The highest BCUT2D eigenvalue weighted by atomic mass is 32.2. The van der Waals surface area contributed by atoms with Crippen LogP contribution in [0.1, 0.15) is 0 Å². The van der Waals surface area contributed by atoms with Crippen LogP contribution in [0.3, 0.4) is 0 Å². The van der Waals surface area contributed by atoms with Crippen molar-refractivity contribution in [1.82, 2.24) is 9.55 Å². The van der Waals surface area contributed by atoms with E-state index in [1.54, 1.807) is 11.8 Å². The van der Waals surface area contributed by atoms with Crippen molar-refractivity contribution in [3.05, 3.63) is 28.9 Å². The Balaban J connectivity index is 1.89. The number of fused-ring (bicyclic) bond motifs is 4. The summed E-state index contributed by atoms with van der Waals surface area (Å²) in [5, 5.41) is 0.883. The van der Waals surface area contributed by atoms with Crippen LogP contribution in [-0.4, -0.2) is 54.9 Å².